The van der Waals surface area contributed by atoms with Crippen LogP contribution in [0, 0.1) is 0 Å². The predicted octanol–water partition coefficient (Wildman–Crippen LogP) is 3.84. The molecule has 0 saturated heterocycles. The van der Waals surface area contributed by atoms with Crippen LogP contribution in [0.5, 0.6) is 0 Å². The zero-order valence-electron chi connectivity index (χ0n) is 15.4. The molecule has 0 atom stereocenters. The molecule has 0 saturated carbocycles. The van der Waals surface area contributed by atoms with Crippen molar-refractivity contribution in [1.29, 1.82) is 0 Å². The van der Waals surface area contributed by atoms with Crippen molar-refractivity contribution in [1.82, 2.24) is 0 Å². The molecule has 0 radical (unpaired) electrons. The van der Waals surface area contributed by atoms with Gasteiger partial charge in [0.15, 0.2) is 11.6 Å². The Labute approximate surface area is 169 Å². The summed E-state index contributed by atoms with van der Waals surface area (Å²) in [6.45, 7) is 3.67. The number of hydrogen-bond acceptors (Lipinski definition) is 4. The van der Waals surface area contributed by atoms with Gasteiger partial charge in [0.05, 0.1) is 22.7 Å². The molecule has 0 amide bonds. The molecule has 0 N–H and O–H groups in total. The van der Waals surface area contributed by atoms with E-state index in [9.17, 15) is 18.0 Å². The number of benzene rings is 3. The average Bonchev–Trinajstić information content (AvgIpc) is 2.75. The first kappa shape index (κ1) is 18.8. The van der Waals surface area contributed by atoms with Crippen molar-refractivity contribution in [3.63, 3.8) is 0 Å². The van der Waals surface area contributed by atoms with E-state index in [1.807, 2.05) is 0 Å². The number of rotatable bonds is 5. The monoisotopic (exact) mass is 403 g/mol. The second kappa shape index (κ2) is 7.14. The van der Waals surface area contributed by atoms with E-state index in [0.717, 1.165) is 0 Å². The lowest BCUT2D eigenvalue weighted by atomic mass is 9.84. The molecule has 0 heterocycles. The predicted molar refractivity (Wildman–Crippen MR) is 111 cm³/mol. The fourth-order valence-corrected chi connectivity index (χ4v) is 5.15. The number of fused-ring (bicyclic) bond motifs is 2. The SMILES string of the molecule is C=CCN(c1ccccc1)S(=O)(=O)c1cccc2c1C(=O)c1ccccc1C2=O. The molecule has 144 valence electrons. The number of nitrogens with zero attached hydrogens (tertiary/aromatic N) is 1. The van der Waals surface area contributed by atoms with Gasteiger partial charge in [0.2, 0.25) is 0 Å². The molecule has 3 aromatic carbocycles. The highest BCUT2D eigenvalue weighted by Gasteiger charge is 2.36. The van der Waals surface area contributed by atoms with Gasteiger partial charge in [0, 0.05) is 16.7 Å². The molecular formula is C23H17NO4S. The Hall–Kier alpha value is -3.51. The van der Waals surface area contributed by atoms with Crippen molar-refractivity contribution in [3.05, 3.63) is 108 Å². The summed E-state index contributed by atoms with van der Waals surface area (Å²) in [6, 6.07) is 19.4. The Morgan fingerprint density at radius 3 is 2.00 bits per heavy atom. The normalized spacial score (nSPS) is 12.8. The number of anilines is 1. The highest BCUT2D eigenvalue weighted by molar-refractivity contribution is 7.93. The van der Waals surface area contributed by atoms with Crippen molar-refractivity contribution in [3.8, 4) is 0 Å². The largest absolute Gasteiger partial charge is 0.289 e. The molecule has 5 nitrogen and oxygen atoms in total. The molecule has 1 aliphatic carbocycles. The van der Waals surface area contributed by atoms with Gasteiger partial charge in [-0.05, 0) is 18.2 Å². The van der Waals surface area contributed by atoms with Crippen LogP contribution < -0.4 is 4.31 Å². The third kappa shape index (κ3) is 2.98. The van der Waals surface area contributed by atoms with Crippen LogP contribution in [0.4, 0.5) is 5.69 Å². The lowest BCUT2D eigenvalue weighted by Crippen LogP contribution is -2.33. The molecule has 0 unspecified atom stereocenters. The van der Waals surface area contributed by atoms with Crippen molar-refractivity contribution in [2.45, 2.75) is 4.90 Å². The van der Waals surface area contributed by atoms with E-state index in [-0.39, 0.29) is 39.5 Å². The number of para-hydroxylation sites is 1. The third-order valence-corrected chi connectivity index (χ3v) is 6.66. The maximum Gasteiger partial charge on any atom is 0.265 e. The zero-order valence-corrected chi connectivity index (χ0v) is 16.2. The quantitative estimate of drug-likeness (QED) is 0.475. The number of carbonyl (C=O) groups is 2. The Morgan fingerprint density at radius 1 is 0.759 bits per heavy atom. The first-order valence-electron chi connectivity index (χ1n) is 8.97. The summed E-state index contributed by atoms with van der Waals surface area (Å²) in [4.78, 5) is 25.9. The van der Waals surface area contributed by atoms with Gasteiger partial charge in [-0.3, -0.25) is 13.9 Å². The Bertz CT molecular complexity index is 1250. The van der Waals surface area contributed by atoms with Crippen LogP contribution in [0.1, 0.15) is 31.8 Å². The van der Waals surface area contributed by atoms with Crippen LogP contribution >= 0.6 is 0 Å². The average molecular weight is 403 g/mol. The van der Waals surface area contributed by atoms with Gasteiger partial charge in [-0.15, -0.1) is 6.58 Å². The molecule has 0 fully saturated rings. The van der Waals surface area contributed by atoms with E-state index in [0.29, 0.717) is 5.69 Å². The summed E-state index contributed by atoms with van der Waals surface area (Å²) >= 11 is 0. The smallest absolute Gasteiger partial charge is 0.265 e. The topological polar surface area (TPSA) is 71.5 Å². The van der Waals surface area contributed by atoms with Gasteiger partial charge in [0.1, 0.15) is 0 Å². The molecule has 0 spiro atoms. The second-order valence-corrected chi connectivity index (χ2v) is 8.37. The summed E-state index contributed by atoms with van der Waals surface area (Å²) in [7, 11) is -4.13. The fraction of sp³-hybridized carbons (Fsp3) is 0.0435. The molecule has 0 aromatic heterocycles. The summed E-state index contributed by atoms with van der Waals surface area (Å²) < 4.78 is 28.3. The number of sulfonamides is 1. The van der Waals surface area contributed by atoms with Gasteiger partial charge in [-0.2, -0.15) is 0 Å². The molecule has 6 heteroatoms. The minimum absolute atomic E-state index is 0.0226. The number of ketones is 2. The highest BCUT2D eigenvalue weighted by Crippen LogP contribution is 2.34. The zero-order chi connectivity index (χ0) is 20.6. The van der Waals surface area contributed by atoms with E-state index in [1.165, 1.54) is 28.6 Å². The molecule has 0 aliphatic heterocycles. The molecule has 4 rings (SSSR count). The van der Waals surface area contributed by atoms with Crippen molar-refractivity contribution in [2.24, 2.45) is 0 Å². The minimum atomic E-state index is -4.13. The van der Waals surface area contributed by atoms with Crippen molar-refractivity contribution >= 4 is 27.3 Å². The summed E-state index contributed by atoms with van der Waals surface area (Å²) in [5.41, 5.74) is 0.954. The standard InChI is InChI=1S/C23H17NO4S/c1-2-15-24(16-9-4-3-5-10-16)29(27,28)20-14-8-13-19-21(20)23(26)18-12-7-6-11-17(18)22(19)25/h2-14H,1,15H2. The molecular weight excluding hydrogens is 386 g/mol. The van der Waals surface area contributed by atoms with Gasteiger partial charge < -0.3 is 0 Å². The third-order valence-electron chi connectivity index (χ3n) is 4.82. The summed E-state index contributed by atoms with van der Waals surface area (Å²) in [5.74, 6) is -0.830. The van der Waals surface area contributed by atoms with Crippen LogP contribution in [0.2, 0.25) is 0 Å². The lowest BCUT2D eigenvalue weighted by Gasteiger charge is -2.26. The minimum Gasteiger partial charge on any atom is -0.289 e. The van der Waals surface area contributed by atoms with Gasteiger partial charge >= 0.3 is 0 Å². The molecule has 0 bridgehead atoms. The summed E-state index contributed by atoms with van der Waals surface area (Å²) in [5, 5.41) is 0. The first-order valence-corrected chi connectivity index (χ1v) is 10.4. The van der Waals surface area contributed by atoms with E-state index in [4.69, 9.17) is 0 Å². The highest BCUT2D eigenvalue weighted by atomic mass is 32.2. The lowest BCUT2D eigenvalue weighted by molar-refractivity contribution is 0.0976. The van der Waals surface area contributed by atoms with Crippen LogP contribution in [-0.2, 0) is 10.0 Å². The van der Waals surface area contributed by atoms with Crippen molar-refractivity contribution in [2.75, 3.05) is 10.8 Å². The first-order chi connectivity index (χ1) is 14.0. The molecule has 1 aliphatic rings. The summed E-state index contributed by atoms with van der Waals surface area (Å²) in [6.07, 6.45) is 1.47. The van der Waals surface area contributed by atoms with E-state index >= 15 is 0 Å². The van der Waals surface area contributed by atoms with Crippen LogP contribution in [-0.4, -0.2) is 26.5 Å². The maximum atomic E-state index is 13.6. The number of carbonyl (C=O) groups excluding carboxylic acids is 2. The van der Waals surface area contributed by atoms with E-state index in [2.05, 4.69) is 6.58 Å². The maximum absolute atomic E-state index is 13.6. The van der Waals surface area contributed by atoms with Crippen LogP contribution in [0.25, 0.3) is 0 Å². The Morgan fingerprint density at radius 2 is 1.34 bits per heavy atom. The van der Waals surface area contributed by atoms with Gasteiger partial charge in [-0.25, -0.2) is 8.42 Å². The van der Waals surface area contributed by atoms with Crippen LogP contribution in [0.15, 0.2) is 90.3 Å². The van der Waals surface area contributed by atoms with E-state index < -0.39 is 15.8 Å². The number of hydrogen-bond donors (Lipinski definition) is 0. The molecule has 29 heavy (non-hydrogen) atoms. The molecule has 3 aromatic rings. The fourth-order valence-electron chi connectivity index (χ4n) is 3.50. The van der Waals surface area contributed by atoms with Gasteiger partial charge in [0.25, 0.3) is 10.0 Å². The second-order valence-electron chi connectivity index (χ2n) is 6.54. The van der Waals surface area contributed by atoms with Crippen LogP contribution in [0.3, 0.4) is 0 Å². The Balaban J connectivity index is 1.94. The van der Waals surface area contributed by atoms with Gasteiger partial charge in [-0.1, -0.05) is 60.7 Å². The Kier molecular flexibility index (Phi) is 4.64. The van der Waals surface area contributed by atoms with E-state index in [1.54, 1.807) is 54.6 Å². The van der Waals surface area contributed by atoms with Crippen molar-refractivity contribution < 1.29 is 18.0 Å².